The Labute approximate surface area is 140 Å². The lowest BCUT2D eigenvalue weighted by Gasteiger charge is -2.22. The second-order valence-electron chi connectivity index (χ2n) is 5.63. The maximum atomic E-state index is 11.8. The Hall–Kier alpha value is -3.01. The minimum atomic E-state index is -0.445. The summed E-state index contributed by atoms with van der Waals surface area (Å²) in [6.45, 7) is 1.47. The van der Waals surface area contributed by atoms with Crippen LogP contribution in [0.3, 0.4) is 0 Å². The molecule has 3 aromatic carbocycles. The molecule has 0 aliphatic rings. The summed E-state index contributed by atoms with van der Waals surface area (Å²) in [5, 5.41) is 15.3. The number of nitrogens with one attached hydrogen (secondary N) is 1. The van der Waals surface area contributed by atoms with Crippen molar-refractivity contribution in [2.45, 2.75) is 13.0 Å². The van der Waals surface area contributed by atoms with Crippen LogP contribution in [-0.2, 0) is 4.79 Å². The van der Waals surface area contributed by atoms with E-state index in [9.17, 15) is 9.90 Å². The number of carbonyl (C=O) groups excluding carboxylic acids is 1. The van der Waals surface area contributed by atoms with Gasteiger partial charge < -0.3 is 15.2 Å². The van der Waals surface area contributed by atoms with Gasteiger partial charge in [0.1, 0.15) is 11.5 Å². The van der Waals surface area contributed by atoms with Crippen LogP contribution in [0.2, 0.25) is 0 Å². The second kappa shape index (κ2) is 6.62. The van der Waals surface area contributed by atoms with Crippen LogP contribution in [0.25, 0.3) is 10.8 Å². The van der Waals surface area contributed by atoms with E-state index in [-0.39, 0.29) is 11.7 Å². The maximum absolute atomic E-state index is 11.8. The van der Waals surface area contributed by atoms with Crippen LogP contribution >= 0.6 is 0 Å². The van der Waals surface area contributed by atoms with Crippen molar-refractivity contribution in [3.8, 4) is 11.5 Å². The predicted octanol–water partition coefficient (Wildman–Crippen LogP) is 3.78. The molecule has 0 saturated carbocycles. The summed E-state index contributed by atoms with van der Waals surface area (Å²) < 4.78 is 5.19. The van der Waals surface area contributed by atoms with E-state index in [2.05, 4.69) is 5.32 Å². The molecule has 122 valence electrons. The Morgan fingerprint density at radius 3 is 2.42 bits per heavy atom. The Kier molecular flexibility index (Phi) is 4.38. The van der Waals surface area contributed by atoms with Gasteiger partial charge in [0.25, 0.3) is 0 Å². The van der Waals surface area contributed by atoms with Crippen molar-refractivity contribution in [2.75, 3.05) is 7.11 Å². The zero-order valence-corrected chi connectivity index (χ0v) is 13.6. The van der Waals surface area contributed by atoms with E-state index >= 15 is 0 Å². The van der Waals surface area contributed by atoms with Crippen LogP contribution < -0.4 is 10.1 Å². The quantitative estimate of drug-likeness (QED) is 0.769. The minimum absolute atomic E-state index is 0.156. The first-order valence-corrected chi connectivity index (χ1v) is 7.72. The van der Waals surface area contributed by atoms with Gasteiger partial charge >= 0.3 is 0 Å². The monoisotopic (exact) mass is 321 g/mol. The number of hydrogen-bond acceptors (Lipinski definition) is 3. The molecule has 1 amide bonds. The molecule has 0 saturated heterocycles. The number of benzene rings is 3. The third kappa shape index (κ3) is 3.04. The smallest absolute Gasteiger partial charge is 0.217 e. The molecular weight excluding hydrogens is 302 g/mol. The Morgan fingerprint density at radius 1 is 1.04 bits per heavy atom. The van der Waals surface area contributed by atoms with E-state index in [0.717, 1.165) is 22.1 Å². The number of phenols is 1. The highest BCUT2D eigenvalue weighted by Crippen LogP contribution is 2.36. The Morgan fingerprint density at radius 2 is 1.75 bits per heavy atom. The third-order valence-electron chi connectivity index (χ3n) is 4.03. The molecule has 0 aliphatic heterocycles. The highest BCUT2D eigenvalue weighted by Gasteiger charge is 2.21. The summed E-state index contributed by atoms with van der Waals surface area (Å²) in [6, 6.07) is 18.3. The van der Waals surface area contributed by atoms with Crippen molar-refractivity contribution < 1.29 is 14.6 Å². The molecule has 0 radical (unpaired) electrons. The number of phenolic OH excluding ortho intramolecular Hbond substituents is 1. The number of fused-ring (bicyclic) bond motifs is 1. The molecule has 3 rings (SSSR count). The lowest BCUT2D eigenvalue weighted by atomic mass is 9.92. The van der Waals surface area contributed by atoms with Crippen LogP contribution in [0, 0.1) is 0 Å². The fourth-order valence-corrected chi connectivity index (χ4v) is 2.91. The average molecular weight is 321 g/mol. The van der Waals surface area contributed by atoms with Gasteiger partial charge in [-0.2, -0.15) is 0 Å². The molecule has 4 heteroatoms. The van der Waals surface area contributed by atoms with Gasteiger partial charge in [-0.3, -0.25) is 4.79 Å². The molecule has 0 bridgehead atoms. The maximum Gasteiger partial charge on any atom is 0.217 e. The first-order valence-electron chi connectivity index (χ1n) is 7.72. The van der Waals surface area contributed by atoms with Crippen molar-refractivity contribution in [3.05, 3.63) is 71.8 Å². The van der Waals surface area contributed by atoms with Gasteiger partial charge in [0.15, 0.2) is 0 Å². The van der Waals surface area contributed by atoms with Crippen LogP contribution in [-0.4, -0.2) is 18.1 Å². The highest BCUT2D eigenvalue weighted by molar-refractivity contribution is 5.89. The van der Waals surface area contributed by atoms with Crippen LogP contribution in [0.5, 0.6) is 11.5 Å². The van der Waals surface area contributed by atoms with Crippen LogP contribution in [0.15, 0.2) is 60.7 Å². The fraction of sp³-hybridized carbons (Fsp3) is 0.150. The Bertz CT molecular complexity index is 872. The van der Waals surface area contributed by atoms with E-state index in [4.69, 9.17) is 4.74 Å². The molecule has 0 aromatic heterocycles. The number of hydrogen-bond donors (Lipinski definition) is 2. The molecule has 0 heterocycles. The van der Waals surface area contributed by atoms with Gasteiger partial charge in [0, 0.05) is 12.5 Å². The summed E-state index contributed by atoms with van der Waals surface area (Å²) in [4.78, 5) is 11.8. The van der Waals surface area contributed by atoms with E-state index in [0.29, 0.717) is 5.56 Å². The van der Waals surface area contributed by atoms with Gasteiger partial charge in [-0.25, -0.2) is 0 Å². The number of ether oxygens (including phenoxy) is 1. The normalized spacial score (nSPS) is 11.9. The molecular formula is C20H19NO3. The lowest BCUT2D eigenvalue weighted by Crippen LogP contribution is -2.27. The molecule has 4 nitrogen and oxygen atoms in total. The topological polar surface area (TPSA) is 58.6 Å². The summed E-state index contributed by atoms with van der Waals surface area (Å²) in [5.41, 5.74) is 1.56. The first kappa shape index (κ1) is 15.9. The minimum Gasteiger partial charge on any atom is -0.508 e. The average Bonchev–Trinajstić information content (AvgIpc) is 2.60. The van der Waals surface area contributed by atoms with Crippen molar-refractivity contribution in [3.63, 3.8) is 0 Å². The van der Waals surface area contributed by atoms with Crippen molar-refractivity contribution >= 4 is 16.7 Å². The van der Waals surface area contributed by atoms with E-state index in [1.807, 2.05) is 54.6 Å². The molecule has 24 heavy (non-hydrogen) atoms. The zero-order valence-electron chi connectivity index (χ0n) is 13.6. The summed E-state index contributed by atoms with van der Waals surface area (Å²) in [7, 11) is 1.61. The van der Waals surface area contributed by atoms with Crippen molar-refractivity contribution in [1.82, 2.24) is 5.32 Å². The van der Waals surface area contributed by atoms with Crippen molar-refractivity contribution in [1.29, 1.82) is 0 Å². The second-order valence-corrected chi connectivity index (χ2v) is 5.63. The van der Waals surface area contributed by atoms with Gasteiger partial charge in [-0.1, -0.05) is 42.5 Å². The number of amides is 1. The van der Waals surface area contributed by atoms with Gasteiger partial charge in [0.2, 0.25) is 5.91 Å². The summed E-state index contributed by atoms with van der Waals surface area (Å²) in [6.07, 6.45) is 0. The fourth-order valence-electron chi connectivity index (χ4n) is 2.91. The number of aromatic hydroxyl groups is 1. The molecule has 1 unspecified atom stereocenters. The van der Waals surface area contributed by atoms with Crippen LogP contribution in [0.1, 0.15) is 24.1 Å². The molecule has 0 aliphatic carbocycles. The van der Waals surface area contributed by atoms with Gasteiger partial charge in [-0.15, -0.1) is 0 Å². The lowest BCUT2D eigenvalue weighted by molar-refractivity contribution is -0.119. The predicted molar refractivity (Wildman–Crippen MR) is 94.3 cm³/mol. The number of methoxy groups -OCH3 is 1. The molecule has 3 aromatic rings. The standard InChI is InChI=1S/C20H19NO3/c1-13(22)21-20(15-7-10-16(24-2)11-8-15)19-17-6-4-3-5-14(17)9-12-18(19)23/h3-12,20,23H,1-2H3,(H,21,22). The SMILES string of the molecule is COc1ccc(C(NC(C)=O)c2c(O)ccc3ccccc23)cc1. The van der Waals surface area contributed by atoms with Gasteiger partial charge in [-0.05, 0) is 34.5 Å². The molecule has 0 fully saturated rings. The zero-order chi connectivity index (χ0) is 17.1. The van der Waals surface area contributed by atoms with E-state index in [1.54, 1.807) is 13.2 Å². The van der Waals surface area contributed by atoms with E-state index < -0.39 is 6.04 Å². The molecule has 2 N–H and O–H groups in total. The third-order valence-corrected chi connectivity index (χ3v) is 4.03. The summed E-state index contributed by atoms with van der Waals surface area (Å²) >= 11 is 0. The van der Waals surface area contributed by atoms with E-state index in [1.165, 1.54) is 6.92 Å². The van der Waals surface area contributed by atoms with Crippen LogP contribution in [0.4, 0.5) is 0 Å². The first-order chi connectivity index (χ1) is 11.6. The largest absolute Gasteiger partial charge is 0.508 e. The van der Waals surface area contributed by atoms with Gasteiger partial charge in [0.05, 0.1) is 13.2 Å². The summed E-state index contributed by atoms with van der Waals surface area (Å²) in [5.74, 6) is 0.730. The number of rotatable bonds is 4. The highest BCUT2D eigenvalue weighted by atomic mass is 16.5. The number of carbonyl (C=O) groups is 1. The van der Waals surface area contributed by atoms with Crippen molar-refractivity contribution in [2.24, 2.45) is 0 Å². The molecule has 0 spiro atoms. The molecule has 1 atom stereocenters. The Balaban J connectivity index is 2.19.